The van der Waals surface area contributed by atoms with Crippen LogP contribution in [0.25, 0.3) is 34.4 Å². The molecule has 7 rings (SSSR count). The van der Waals surface area contributed by atoms with Crippen LogP contribution in [0.1, 0.15) is 52.0 Å². The van der Waals surface area contributed by atoms with Crippen LogP contribution in [0.3, 0.4) is 0 Å². The number of halogens is 1. The van der Waals surface area contributed by atoms with Gasteiger partial charge in [0.2, 0.25) is 0 Å². The fourth-order valence-corrected chi connectivity index (χ4v) is 45.2. The maximum atomic E-state index is 8.13. The maximum absolute atomic E-state index is 8.13. The first-order chi connectivity index (χ1) is 21.4. The molecule has 0 bridgehead atoms. The summed E-state index contributed by atoms with van der Waals surface area (Å²) in [5.41, 5.74) is 15.4. The minimum atomic E-state index is -3.65. The molecular formula is C41H38ClSiZr. The second kappa shape index (κ2) is 12.1. The molecule has 3 heteroatoms. The molecule has 0 heterocycles. The van der Waals surface area contributed by atoms with Crippen molar-refractivity contribution >= 4 is 29.7 Å². The minimum absolute atomic E-state index is 0.0359. The molecule has 44 heavy (non-hydrogen) atoms. The van der Waals surface area contributed by atoms with Gasteiger partial charge in [-0.25, -0.2) is 0 Å². The summed E-state index contributed by atoms with van der Waals surface area (Å²) in [5.74, 6) is -0.850. The van der Waals surface area contributed by atoms with Crippen molar-refractivity contribution in [2.45, 2.75) is 37.3 Å². The van der Waals surface area contributed by atoms with Crippen LogP contribution in [0.15, 0.2) is 139 Å². The molecular weight excluding hydrogens is 647 g/mol. The van der Waals surface area contributed by atoms with Gasteiger partial charge in [0.05, 0.1) is 0 Å². The van der Waals surface area contributed by atoms with Crippen LogP contribution in [-0.2, 0) is 19.4 Å². The van der Waals surface area contributed by atoms with Crippen LogP contribution < -0.4 is 0 Å². The van der Waals surface area contributed by atoms with E-state index in [1.807, 2.05) is 0 Å². The summed E-state index contributed by atoms with van der Waals surface area (Å²) in [6.45, 7) is 10.00. The van der Waals surface area contributed by atoms with E-state index in [1.54, 1.807) is 0 Å². The van der Waals surface area contributed by atoms with Crippen molar-refractivity contribution in [3.8, 4) is 22.3 Å². The van der Waals surface area contributed by atoms with Gasteiger partial charge in [0, 0.05) is 0 Å². The van der Waals surface area contributed by atoms with Gasteiger partial charge < -0.3 is 0 Å². The van der Waals surface area contributed by atoms with Crippen molar-refractivity contribution in [1.29, 1.82) is 0 Å². The average Bonchev–Trinajstić information content (AvgIpc) is 3.58. The van der Waals surface area contributed by atoms with Crippen LogP contribution >= 0.6 is 11.6 Å². The molecule has 0 saturated carbocycles. The molecule has 3 atom stereocenters. The van der Waals surface area contributed by atoms with Gasteiger partial charge >= 0.3 is 275 Å². The first-order valence-corrected chi connectivity index (χ1v) is 26.5. The Morgan fingerprint density at radius 2 is 0.955 bits per heavy atom. The van der Waals surface area contributed by atoms with Crippen LogP contribution in [0, 0.1) is 0 Å². The molecule has 2 aliphatic carbocycles. The number of alkyl halides is 1. The van der Waals surface area contributed by atoms with Crippen molar-refractivity contribution in [1.82, 2.24) is 0 Å². The van der Waals surface area contributed by atoms with Crippen molar-refractivity contribution in [2.24, 2.45) is 0 Å². The third kappa shape index (κ3) is 4.73. The molecule has 5 aromatic rings. The number of rotatable bonds is 7. The first kappa shape index (κ1) is 29.7. The third-order valence-electron chi connectivity index (χ3n) is 10.1. The summed E-state index contributed by atoms with van der Waals surface area (Å²) in [6.07, 6.45) is 5.03. The van der Waals surface area contributed by atoms with Gasteiger partial charge in [0.25, 0.3) is 0 Å². The Balaban J connectivity index is 1.50. The molecule has 0 aliphatic heterocycles. The summed E-state index contributed by atoms with van der Waals surface area (Å²) in [4.78, 5) is 0. The normalized spacial score (nSPS) is 19.1. The van der Waals surface area contributed by atoms with Crippen LogP contribution in [0.5, 0.6) is 0 Å². The van der Waals surface area contributed by atoms with E-state index in [0.29, 0.717) is 7.25 Å². The van der Waals surface area contributed by atoms with Gasteiger partial charge in [-0.1, -0.05) is 0 Å². The van der Waals surface area contributed by atoms with Crippen molar-refractivity contribution in [3.63, 3.8) is 0 Å². The quantitative estimate of drug-likeness (QED) is 0.118. The van der Waals surface area contributed by atoms with E-state index in [-0.39, 0.29) is 3.08 Å². The Hall–Kier alpha value is -3.03. The van der Waals surface area contributed by atoms with Crippen LogP contribution in [0.4, 0.5) is 0 Å². The van der Waals surface area contributed by atoms with Crippen molar-refractivity contribution in [3.05, 3.63) is 166 Å². The van der Waals surface area contributed by atoms with Gasteiger partial charge in [-0.2, -0.15) is 0 Å². The van der Waals surface area contributed by atoms with Gasteiger partial charge in [-0.3, -0.25) is 0 Å². The van der Waals surface area contributed by atoms with E-state index < -0.39 is 25.4 Å². The molecule has 2 aliphatic rings. The molecule has 0 nitrogen and oxygen atoms in total. The Bertz CT molecular complexity index is 1760. The van der Waals surface area contributed by atoms with E-state index in [9.17, 15) is 0 Å². The molecule has 217 valence electrons. The van der Waals surface area contributed by atoms with E-state index >= 15 is 0 Å². The third-order valence-corrected chi connectivity index (χ3v) is 44.5. The number of hydrogen-bond acceptors (Lipinski definition) is 0. The van der Waals surface area contributed by atoms with Gasteiger partial charge in [-0.05, 0) is 0 Å². The molecule has 3 unspecified atom stereocenters. The zero-order valence-electron chi connectivity index (χ0n) is 25.9. The molecule has 0 saturated heterocycles. The number of benzene rings is 5. The fraction of sp³-hybridized carbons (Fsp3) is 0.171. The Morgan fingerprint density at radius 3 is 1.36 bits per heavy atom. The van der Waals surface area contributed by atoms with Crippen LogP contribution in [0.2, 0.25) is 13.1 Å². The summed E-state index contributed by atoms with van der Waals surface area (Å²) in [6, 6.07) is 46.9. The molecule has 1 radical (unpaired) electrons. The Morgan fingerprint density at radius 1 is 0.545 bits per heavy atom. The molecule has 0 N–H and O–H groups in total. The predicted octanol–water partition coefficient (Wildman–Crippen LogP) is 12.0. The molecule has 0 fully saturated rings. The summed E-state index contributed by atoms with van der Waals surface area (Å²) >= 11 is 4.47. The second-order valence-corrected chi connectivity index (χ2v) is 37.4. The SMILES string of the molecule is CC1=Cc2c(-c3ccccc3)cccc2[CH]1[Zr]([CH](Cl)c1ccccc1)([CH]1C(C)=Cc2c(-c3ccccc3)cccc21)[Si](C)C. The van der Waals surface area contributed by atoms with E-state index in [1.165, 1.54) is 61.2 Å². The first-order valence-electron chi connectivity index (χ1n) is 15.7. The van der Waals surface area contributed by atoms with Crippen molar-refractivity contribution in [2.75, 3.05) is 0 Å². The molecule has 0 aromatic heterocycles. The van der Waals surface area contributed by atoms with E-state index in [4.69, 9.17) is 11.6 Å². The summed E-state index contributed by atoms with van der Waals surface area (Å²) in [7, 11) is 0. The zero-order chi connectivity index (χ0) is 30.4. The Kier molecular flexibility index (Phi) is 8.13. The Labute approximate surface area is 273 Å². The summed E-state index contributed by atoms with van der Waals surface area (Å²) in [5, 5.41) is 0. The van der Waals surface area contributed by atoms with Gasteiger partial charge in [-0.15, -0.1) is 0 Å². The molecule has 0 amide bonds. The standard InChI is InChI=1S/2C16H13.C7H6Cl.C2H6Si.Zr/c2*1-12-10-14-8-5-9-15(16(14)11-12)13-6-3-2-4-7-13;8-6-7-4-2-1-3-5-7;1-3-2;/h2*2-11H,1H3;1-6H;1-2H3;. The predicted molar refractivity (Wildman–Crippen MR) is 189 cm³/mol. The fourth-order valence-electron chi connectivity index (χ4n) is 8.30. The molecule has 0 spiro atoms. The number of allylic oxidation sites excluding steroid dienone is 2. The topological polar surface area (TPSA) is 0 Å². The monoisotopic (exact) mass is 683 g/mol. The van der Waals surface area contributed by atoms with Crippen LogP contribution in [-0.4, -0.2) is 5.92 Å². The second-order valence-electron chi connectivity index (χ2n) is 12.7. The van der Waals surface area contributed by atoms with Crippen molar-refractivity contribution < 1.29 is 19.4 Å². The average molecular weight is 686 g/mol. The summed E-state index contributed by atoms with van der Waals surface area (Å²) < 4.78 is 0.831. The van der Waals surface area contributed by atoms with Gasteiger partial charge in [0.1, 0.15) is 0 Å². The van der Waals surface area contributed by atoms with E-state index in [2.05, 4.69) is 166 Å². The number of fused-ring (bicyclic) bond motifs is 2. The van der Waals surface area contributed by atoms with Gasteiger partial charge in [0.15, 0.2) is 0 Å². The molecule has 5 aromatic carbocycles. The number of hydrogen-bond donors (Lipinski definition) is 0. The zero-order valence-corrected chi connectivity index (χ0v) is 30.1. The van der Waals surface area contributed by atoms with E-state index in [0.717, 1.165) is 0 Å².